The Kier molecular flexibility index (Phi) is 6.55. The van der Waals surface area contributed by atoms with Crippen molar-refractivity contribution in [3.05, 3.63) is 53.6 Å². The van der Waals surface area contributed by atoms with Crippen molar-refractivity contribution in [2.75, 3.05) is 25.7 Å². The minimum Gasteiger partial charge on any atom is -0.497 e. The first-order valence-corrected chi connectivity index (χ1v) is 11.1. The Morgan fingerprint density at radius 2 is 1.87 bits per heavy atom. The number of hydrogen-bond acceptors (Lipinski definition) is 5. The molecule has 0 aromatic heterocycles. The Balaban J connectivity index is 2.25. The van der Waals surface area contributed by atoms with Gasteiger partial charge in [0.2, 0.25) is 5.91 Å². The normalized spacial score (nSPS) is 18.9. The molecule has 0 bridgehead atoms. The third-order valence-electron chi connectivity index (χ3n) is 5.22. The van der Waals surface area contributed by atoms with Gasteiger partial charge in [0.25, 0.3) is 0 Å². The predicted octanol–water partition coefficient (Wildman–Crippen LogP) is 4.70. The Labute approximate surface area is 187 Å². The van der Waals surface area contributed by atoms with Crippen LogP contribution in [0.25, 0.3) is 0 Å². The molecule has 1 unspecified atom stereocenters. The van der Waals surface area contributed by atoms with E-state index < -0.39 is 10.7 Å². The Bertz CT molecular complexity index is 984. The van der Waals surface area contributed by atoms with Crippen molar-refractivity contribution < 1.29 is 24.2 Å². The standard InChI is InChI=1S/C24H29NO5S/c1-23(2,3)15-25-19-9-7-6-8-16(19)14-31-24(22(25)28,13-21(26)27)18-11-10-17(29-4)12-20(18)30-5/h6-12H,13-15H2,1-5H3,(H,26,27). The molecule has 1 amide bonds. The van der Waals surface area contributed by atoms with Gasteiger partial charge in [0.1, 0.15) is 16.2 Å². The second kappa shape index (κ2) is 8.83. The monoisotopic (exact) mass is 443 g/mol. The molecule has 1 heterocycles. The second-order valence-corrected chi connectivity index (χ2v) is 10.1. The number of hydrogen-bond donors (Lipinski definition) is 1. The number of aliphatic carboxylic acids is 1. The summed E-state index contributed by atoms with van der Waals surface area (Å²) in [5, 5.41) is 9.85. The fraction of sp³-hybridized carbons (Fsp3) is 0.417. The van der Waals surface area contributed by atoms with E-state index in [0.29, 0.717) is 29.4 Å². The molecule has 1 aliphatic heterocycles. The van der Waals surface area contributed by atoms with Crippen molar-refractivity contribution in [1.29, 1.82) is 0 Å². The van der Waals surface area contributed by atoms with Crippen LogP contribution in [0.3, 0.4) is 0 Å². The zero-order valence-corrected chi connectivity index (χ0v) is 19.4. The molecule has 0 fully saturated rings. The minimum absolute atomic E-state index is 0.184. The molecule has 166 valence electrons. The summed E-state index contributed by atoms with van der Waals surface area (Å²) in [7, 11) is 3.06. The van der Waals surface area contributed by atoms with Gasteiger partial charge in [0.15, 0.2) is 0 Å². The van der Waals surface area contributed by atoms with Gasteiger partial charge >= 0.3 is 5.97 Å². The lowest BCUT2D eigenvalue weighted by atomic mass is 9.89. The van der Waals surface area contributed by atoms with Crippen molar-refractivity contribution in [3.8, 4) is 11.5 Å². The number of carbonyl (C=O) groups is 2. The van der Waals surface area contributed by atoms with E-state index in [4.69, 9.17) is 9.47 Å². The zero-order chi connectivity index (χ0) is 22.8. The fourth-order valence-corrected chi connectivity index (χ4v) is 5.31. The molecule has 6 nitrogen and oxygen atoms in total. The summed E-state index contributed by atoms with van der Waals surface area (Å²) in [6.45, 7) is 6.65. The molecule has 1 aliphatic rings. The van der Waals surface area contributed by atoms with E-state index in [1.807, 2.05) is 24.3 Å². The number of thioether (sulfide) groups is 1. The number of methoxy groups -OCH3 is 2. The van der Waals surface area contributed by atoms with E-state index in [-0.39, 0.29) is 17.7 Å². The average Bonchev–Trinajstić information content (AvgIpc) is 2.83. The van der Waals surface area contributed by atoms with Crippen molar-refractivity contribution in [3.63, 3.8) is 0 Å². The lowest BCUT2D eigenvalue weighted by molar-refractivity contribution is -0.139. The van der Waals surface area contributed by atoms with E-state index in [1.54, 1.807) is 30.2 Å². The number of para-hydroxylation sites is 1. The summed E-state index contributed by atoms with van der Waals surface area (Å²) in [5.74, 6) is 0.226. The third-order valence-corrected chi connectivity index (χ3v) is 6.71. The van der Waals surface area contributed by atoms with Gasteiger partial charge in [0, 0.05) is 29.6 Å². The number of fused-ring (bicyclic) bond motifs is 1. The van der Waals surface area contributed by atoms with Crippen molar-refractivity contribution >= 4 is 29.3 Å². The van der Waals surface area contributed by atoms with Crippen molar-refractivity contribution in [1.82, 2.24) is 0 Å². The topological polar surface area (TPSA) is 76.1 Å². The van der Waals surface area contributed by atoms with Crippen LogP contribution in [0, 0.1) is 5.41 Å². The van der Waals surface area contributed by atoms with E-state index >= 15 is 0 Å². The van der Waals surface area contributed by atoms with Crippen LogP contribution >= 0.6 is 11.8 Å². The highest BCUT2D eigenvalue weighted by Crippen LogP contribution is 2.51. The van der Waals surface area contributed by atoms with Gasteiger partial charge in [-0.05, 0) is 29.2 Å². The van der Waals surface area contributed by atoms with Gasteiger partial charge in [0.05, 0.1) is 20.6 Å². The Hall–Kier alpha value is -2.67. The molecule has 0 saturated heterocycles. The fourth-order valence-electron chi connectivity index (χ4n) is 3.88. The van der Waals surface area contributed by atoms with E-state index in [2.05, 4.69) is 20.8 Å². The van der Waals surface area contributed by atoms with Crippen LogP contribution in [-0.4, -0.2) is 37.7 Å². The van der Waals surface area contributed by atoms with Gasteiger partial charge in [-0.3, -0.25) is 9.59 Å². The van der Waals surface area contributed by atoms with Gasteiger partial charge in [-0.1, -0.05) is 39.0 Å². The molecule has 7 heteroatoms. The molecular weight excluding hydrogens is 414 g/mol. The molecule has 0 spiro atoms. The molecule has 1 N–H and O–H groups in total. The second-order valence-electron chi connectivity index (χ2n) is 8.83. The van der Waals surface area contributed by atoms with Gasteiger partial charge in [-0.15, -0.1) is 11.8 Å². The zero-order valence-electron chi connectivity index (χ0n) is 18.6. The molecule has 1 atom stereocenters. The molecule has 2 aromatic rings. The van der Waals surface area contributed by atoms with Crippen LogP contribution in [0.1, 0.15) is 38.3 Å². The Morgan fingerprint density at radius 3 is 2.48 bits per heavy atom. The van der Waals surface area contributed by atoms with Crippen LogP contribution in [-0.2, 0) is 20.1 Å². The number of ether oxygens (including phenoxy) is 2. The number of nitrogens with zero attached hydrogens (tertiary/aromatic N) is 1. The quantitative estimate of drug-likeness (QED) is 0.697. The number of benzene rings is 2. The molecule has 2 aromatic carbocycles. The van der Waals surface area contributed by atoms with Gasteiger partial charge in [-0.2, -0.15) is 0 Å². The van der Waals surface area contributed by atoms with E-state index in [9.17, 15) is 14.7 Å². The maximum atomic E-state index is 14.2. The van der Waals surface area contributed by atoms with Gasteiger partial charge < -0.3 is 19.5 Å². The summed E-state index contributed by atoms with van der Waals surface area (Å²) >= 11 is 1.34. The summed E-state index contributed by atoms with van der Waals surface area (Å²) in [6, 6.07) is 13.0. The minimum atomic E-state index is -1.34. The summed E-state index contributed by atoms with van der Waals surface area (Å²) < 4.78 is 9.56. The van der Waals surface area contributed by atoms with Crippen molar-refractivity contribution in [2.24, 2.45) is 5.41 Å². The summed E-state index contributed by atoms with van der Waals surface area (Å²) in [6.07, 6.45) is -0.353. The number of carbonyl (C=O) groups excluding carboxylic acids is 1. The predicted molar refractivity (Wildman–Crippen MR) is 123 cm³/mol. The molecular formula is C24H29NO5S. The average molecular weight is 444 g/mol. The SMILES string of the molecule is COc1ccc(C2(CC(=O)O)SCc3ccccc3N(CC(C)(C)C)C2=O)c(OC)c1. The number of rotatable bonds is 6. The molecule has 0 aliphatic carbocycles. The number of carboxylic acid groups (broad SMARTS) is 1. The first kappa shape index (κ1) is 23.0. The first-order chi connectivity index (χ1) is 14.6. The van der Waals surface area contributed by atoms with Crippen LogP contribution in [0.15, 0.2) is 42.5 Å². The Morgan fingerprint density at radius 1 is 1.16 bits per heavy atom. The first-order valence-electron chi connectivity index (χ1n) is 10.1. The van der Waals surface area contributed by atoms with Crippen LogP contribution < -0.4 is 14.4 Å². The number of carboxylic acids is 1. The molecule has 31 heavy (non-hydrogen) atoms. The smallest absolute Gasteiger partial charge is 0.305 e. The van der Waals surface area contributed by atoms with Crippen LogP contribution in [0.5, 0.6) is 11.5 Å². The molecule has 0 saturated carbocycles. The van der Waals surface area contributed by atoms with E-state index in [0.717, 1.165) is 11.3 Å². The highest BCUT2D eigenvalue weighted by Gasteiger charge is 2.50. The highest BCUT2D eigenvalue weighted by atomic mass is 32.2. The van der Waals surface area contributed by atoms with Crippen LogP contribution in [0.4, 0.5) is 5.69 Å². The highest BCUT2D eigenvalue weighted by molar-refractivity contribution is 8.00. The van der Waals surface area contributed by atoms with Crippen molar-refractivity contribution in [2.45, 2.75) is 37.7 Å². The van der Waals surface area contributed by atoms with Crippen LogP contribution in [0.2, 0.25) is 0 Å². The lowest BCUT2D eigenvalue weighted by Gasteiger charge is -2.37. The third kappa shape index (κ3) is 4.66. The summed E-state index contributed by atoms with van der Waals surface area (Å²) in [4.78, 5) is 28.0. The van der Waals surface area contributed by atoms with E-state index in [1.165, 1.54) is 18.9 Å². The summed E-state index contributed by atoms with van der Waals surface area (Å²) in [5.41, 5.74) is 2.19. The molecule has 3 rings (SSSR count). The number of anilines is 1. The number of amides is 1. The maximum Gasteiger partial charge on any atom is 0.305 e. The maximum absolute atomic E-state index is 14.2. The lowest BCUT2D eigenvalue weighted by Crippen LogP contribution is -2.48. The van der Waals surface area contributed by atoms with Gasteiger partial charge in [-0.25, -0.2) is 0 Å². The molecule has 0 radical (unpaired) electrons. The largest absolute Gasteiger partial charge is 0.497 e.